The van der Waals surface area contributed by atoms with Crippen LogP contribution in [0.25, 0.3) is 5.69 Å². The van der Waals surface area contributed by atoms with Crippen LogP contribution >= 0.6 is 0 Å². The van der Waals surface area contributed by atoms with E-state index in [-0.39, 0.29) is 17.6 Å². The zero-order chi connectivity index (χ0) is 26.0. The summed E-state index contributed by atoms with van der Waals surface area (Å²) >= 11 is 0. The normalized spacial score (nSPS) is 11.8. The molecule has 3 rings (SSSR count). The van der Waals surface area contributed by atoms with Gasteiger partial charge in [0.25, 0.3) is 0 Å². The smallest absolute Gasteiger partial charge is 0.318 e. The molecule has 0 bridgehead atoms. The van der Waals surface area contributed by atoms with E-state index >= 15 is 0 Å². The predicted molar refractivity (Wildman–Crippen MR) is 129 cm³/mol. The lowest BCUT2D eigenvalue weighted by molar-refractivity contribution is -0.137. The maximum absolute atomic E-state index is 12.8. The van der Waals surface area contributed by atoms with Crippen molar-refractivity contribution in [2.75, 3.05) is 24.2 Å². The first kappa shape index (κ1) is 25.8. The van der Waals surface area contributed by atoms with Gasteiger partial charge in [-0.15, -0.1) is 0 Å². The number of halogens is 3. The number of carbonyl (C=O) groups excluding carboxylic acids is 2. The fraction of sp³-hybridized carbons (Fsp3) is 0.320. The van der Waals surface area contributed by atoms with Gasteiger partial charge in [0, 0.05) is 24.2 Å². The molecule has 0 spiro atoms. The number of para-hydroxylation sites is 1. The molecule has 1 heterocycles. The Labute approximate surface area is 201 Å². The van der Waals surface area contributed by atoms with E-state index in [2.05, 4.69) is 15.7 Å². The molecule has 35 heavy (non-hydrogen) atoms. The Morgan fingerprint density at radius 1 is 1.00 bits per heavy atom. The molecule has 0 saturated heterocycles. The number of aryl methyl sites for hydroxylation is 1. The fourth-order valence-electron chi connectivity index (χ4n) is 3.25. The van der Waals surface area contributed by atoms with Crippen LogP contribution in [0.15, 0.2) is 54.6 Å². The number of hydrogen-bond donors (Lipinski definition) is 2. The van der Waals surface area contributed by atoms with Gasteiger partial charge in [0.2, 0.25) is 5.91 Å². The van der Waals surface area contributed by atoms with Gasteiger partial charge < -0.3 is 15.5 Å². The summed E-state index contributed by atoms with van der Waals surface area (Å²) in [6.45, 7) is 7.71. The Morgan fingerprint density at radius 2 is 1.63 bits per heavy atom. The summed E-state index contributed by atoms with van der Waals surface area (Å²) in [5.74, 6) is 0.0102. The van der Waals surface area contributed by atoms with Crippen LogP contribution in [0.4, 0.5) is 29.5 Å². The van der Waals surface area contributed by atoms with Crippen molar-refractivity contribution in [1.82, 2.24) is 14.7 Å². The largest absolute Gasteiger partial charge is 0.416 e. The van der Waals surface area contributed by atoms with Crippen LogP contribution in [-0.4, -0.2) is 40.2 Å². The van der Waals surface area contributed by atoms with Gasteiger partial charge in [0.05, 0.1) is 16.9 Å². The highest BCUT2D eigenvalue weighted by atomic mass is 19.4. The number of likely N-dealkylation sites (N-methyl/N-ethyl adjacent to an activating group) is 1. The summed E-state index contributed by atoms with van der Waals surface area (Å²) in [5, 5.41) is 9.99. The van der Waals surface area contributed by atoms with E-state index < -0.39 is 23.7 Å². The number of urea groups is 1. The SMILES string of the molecule is Cc1ccccc1-n1nc(C(C)(C)C)cc1NC(=O)CN(C)C(=O)Nc1ccc(C(F)(F)F)cc1. The maximum atomic E-state index is 12.8. The lowest BCUT2D eigenvalue weighted by Crippen LogP contribution is -2.37. The number of amides is 3. The quantitative estimate of drug-likeness (QED) is 0.492. The van der Waals surface area contributed by atoms with Crippen molar-refractivity contribution in [3.63, 3.8) is 0 Å². The predicted octanol–water partition coefficient (Wildman–Crippen LogP) is 5.60. The molecule has 10 heteroatoms. The summed E-state index contributed by atoms with van der Waals surface area (Å²) in [4.78, 5) is 26.3. The van der Waals surface area contributed by atoms with E-state index in [1.54, 1.807) is 10.7 Å². The van der Waals surface area contributed by atoms with Crippen LogP contribution in [0.1, 0.15) is 37.6 Å². The summed E-state index contributed by atoms with van der Waals surface area (Å²) < 4.78 is 39.8. The highest BCUT2D eigenvalue weighted by molar-refractivity contribution is 5.96. The number of hydrogen-bond acceptors (Lipinski definition) is 3. The minimum absolute atomic E-state index is 0.183. The summed E-state index contributed by atoms with van der Waals surface area (Å²) in [6, 6.07) is 12.9. The second-order valence-corrected chi connectivity index (χ2v) is 9.27. The molecule has 0 unspecified atom stereocenters. The molecule has 2 aromatic carbocycles. The Balaban J connectivity index is 1.71. The van der Waals surface area contributed by atoms with Gasteiger partial charge >= 0.3 is 12.2 Å². The van der Waals surface area contributed by atoms with Gasteiger partial charge in [0.15, 0.2) is 0 Å². The second-order valence-electron chi connectivity index (χ2n) is 9.27. The Kier molecular flexibility index (Phi) is 7.23. The third-order valence-corrected chi connectivity index (χ3v) is 5.28. The molecule has 0 aliphatic rings. The first-order chi connectivity index (χ1) is 16.3. The molecular weight excluding hydrogens is 459 g/mol. The van der Waals surface area contributed by atoms with Gasteiger partial charge in [-0.2, -0.15) is 18.3 Å². The third-order valence-electron chi connectivity index (χ3n) is 5.28. The standard InChI is InChI=1S/C25H28F3N5O2/c1-16-8-6-7-9-19(16)33-21(14-20(31-33)24(2,3)4)30-22(34)15-32(5)23(35)29-18-12-10-17(11-13-18)25(26,27)28/h6-14H,15H2,1-5H3,(H,29,35)(H,30,34). The molecule has 186 valence electrons. The molecule has 0 saturated carbocycles. The highest BCUT2D eigenvalue weighted by Gasteiger charge is 2.30. The van der Waals surface area contributed by atoms with E-state index in [0.29, 0.717) is 5.82 Å². The molecular formula is C25H28F3N5O2. The van der Waals surface area contributed by atoms with Gasteiger partial charge in [0.1, 0.15) is 12.4 Å². The lowest BCUT2D eigenvalue weighted by Gasteiger charge is -2.18. The maximum Gasteiger partial charge on any atom is 0.416 e. The van der Waals surface area contributed by atoms with E-state index in [1.807, 2.05) is 52.0 Å². The Hall–Kier alpha value is -3.82. The van der Waals surface area contributed by atoms with Gasteiger partial charge in [-0.1, -0.05) is 39.0 Å². The number of benzene rings is 2. The third kappa shape index (κ3) is 6.40. The van der Waals surface area contributed by atoms with Crippen molar-refractivity contribution in [1.29, 1.82) is 0 Å². The van der Waals surface area contributed by atoms with E-state index in [1.165, 1.54) is 7.05 Å². The van der Waals surface area contributed by atoms with E-state index in [0.717, 1.165) is 46.1 Å². The molecule has 0 radical (unpaired) electrons. The second kappa shape index (κ2) is 9.81. The monoisotopic (exact) mass is 487 g/mol. The minimum atomic E-state index is -4.46. The van der Waals surface area contributed by atoms with Crippen molar-refractivity contribution in [3.05, 3.63) is 71.4 Å². The molecule has 3 amide bonds. The molecule has 0 aliphatic carbocycles. The molecule has 1 aromatic heterocycles. The first-order valence-electron chi connectivity index (χ1n) is 10.9. The fourth-order valence-corrected chi connectivity index (χ4v) is 3.25. The first-order valence-corrected chi connectivity index (χ1v) is 10.9. The average molecular weight is 488 g/mol. The van der Waals surface area contributed by atoms with Crippen LogP contribution in [0.2, 0.25) is 0 Å². The molecule has 2 N–H and O–H groups in total. The van der Waals surface area contributed by atoms with Crippen LogP contribution in [0.5, 0.6) is 0 Å². The van der Waals surface area contributed by atoms with Crippen molar-refractivity contribution in [2.24, 2.45) is 0 Å². The van der Waals surface area contributed by atoms with Gasteiger partial charge in [-0.25, -0.2) is 9.48 Å². The zero-order valence-electron chi connectivity index (χ0n) is 20.2. The number of alkyl halides is 3. The lowest BCUT2D eigenvalue weighted by atomic mass is 9.92. The summed E-state index contributed by atoms with van der Waals surface area (Å²) in [7, 11) is 1.41. The molecule has 0 aliphatic heterocycles. The van der Waals surface area contributed by atoms with E-state index in [9.17, 15) is 22.8 Å². The van der Waals surface area contributed by atoms with Crippen molar-refractivity contribution < 1.29 is 22.8 Å². The minimum Gasteiger partial charge on any atom is -0.318 e. The molecule has 0 fully saturated rings. The van der Waals surface area contributed by atoms with Crippen molar-refractivity contribution >= 4 is 23.4 Å². The topological polar surface area (TPSA) is 79.3 Å². The highest BCUT2D eigenvalue weighted by Crippen LogP contribution is 2.30. The number of nitrogens with one attached hydrogen (secondary N) is 2. The molecule has 3 aromatic rings. The van der Waals surface area contributed by atoms with Crippen LogP contribution < -0.4 is 10.6 Å². The number of anilines is 2. The zero-order valence-corrected chi connectivity index (χ0v) is 20.2. The Morgan fingerprint density at radius 3 is 2.20 bits per heavy atom. The number of nitrogens with zero attached hydrogens (tertiary/aromatic N) is 3. The number of aromatic nitrogens is 2. The van der Waals surface area contributed by atoms with Crippen LogP contribution in [0, 0.1) is 6.92 Å². The molecule has 7 nitrogen and oxygen atoms in total. The van der Waals surface area contributed by atoms with Gasteiger partial charge in [-0.3, -0.25) is 4.79 Å². The average Bonchev–Trinajstić information content (AvgIpc) is 3.17. The number of carbonyl (C=O) groups is 2. The summed E-state index contributed by atoms with van der Waals surface area (Å²) in [5.41, 5.74) is 1.67. The number of rotatable bonds is 5. The van der Waals surface area contributed by atoms with Crippen LogP contribution in [0.3, 0.4) is 0 Å². The van der Waals surface area contributed by atoms with Crippen molar-refractivity contribution in [3.8, 4) is 5.69 Å². The van der Waals surface area contributed by atoms with Crippen LogP contribution in [-0.2, 0) is 16.4 Å². The Bertz CT molecular complexity index is 1210. The molecule has 0 atom stereocenters. The van der Waals surface area contributed by atoms with Gasteiger partial charge in [-0.05, 0) is 42.8 Å². The summed E-state index contributed by atoms with van der Waals surface area (Å²) in [6.07, 6.45) is -4.46. The van der Waals surface area contributed by atoms with E-state index in [4.69, 9.17) is 0 Å². The van der Waals surface area contributed by atoms with Crippen molar-refractivity contribution in [2.45, 2.75) is 39.3 Å².